The lowest BCUT2D eigenvalue weighted by Gasteiger charge is -2.20. The molecule has 0 aliphatic rings. The van der Waals surface area contributed by atoms with Crippen LogP contribution in [0, 0.1) is 0 Å². The smallest absolute Gasteiger partial charge is 0.462 e. The molecule has 57 heavy (non-hydrogen) atoms. The van der Waals surface area contributed by atoms with Crippen molar-refractivity contribution in [2.75, 3.05) is 26.4 Å². The van der Waals surface area contributed by atoms with Gasteiger partial charge in [-0.05, 0) is 83.5 Å². The van der Waals surface area contributed by atoms with Gasteiger partial charge in [0.25, 0.3) is 0 Å². The molecule has 11 heteroatoms. The summed E-state index contributed by atoms with van der Waals surface area (Å²) in [5.74, 6) is -0.973. The Morgan fingerprint density at radius 2 is 0.965 bits per heavy atom. The van der Waals surface area contributed by atoms with Gasteiger partial charge in [0.1, 0.15) is 12.7 Å². The second kappa shape index (κ2) is 41.6. The first-order valence-electron chi connectivity index (χ1n) is 21.9. The lowest BCUT2D eigenvalue weighted by Crippen LogP contribution is -2.29. The maximum atomic E-state index is 12.6. The number of phosphoric acid groups is 1. The van der Waals surface area contributed by atoms with E-state index in [0.29, 0.717) is 12.8 Å². The number of hydrogen-bond donors (Lipinski definition) is 3. The van der Waals surface area contributed by atoms with Crippen molar-refractivity contribution >= 4 is 19.8 Å². The zero-order chi connectivity index (χ0) is 41.9. The quantitative estimate of drug-likeness (QED) is 0.0236. The first-order chi connectivity index (χ1) is 27.7. The number of unbranched alkanes of at least 4 members (excludes halogenated alkanes) is 14. The Morgan fingerprint density at radius 3 is 1.49 bits per heavy atom. The molecular weight excluding hydrogens is 743 g/mol. The molecule has 0 spiro atoms. The summed E-state index contributed by atoms with van der Waals surface area (Å²) in [7, 11) is -4.63. The van der Waals surface area contributed by atoms with Gasteiger partial charge in [-0.3, -0.25) is 18.6 Å². The van der Waals surface area contributed by atoms with E-state index in [4.69, 9.17) is 19.1 Å². The fraction of sp³-hybridized carbons (Fsp3) is 0.696. The third kappa shape index (κ3) is 41.4. The molecular formula is C46H79O10P. The zero-order valence-corrected chi connectivity index (χ0v) is 36.4. The molecule has 0 fully saturated rings. The fourth-order valence-electron chi connectivity index (χ4n) is 5.48. The van der Waals surface area contributed by atoms with Crippen LogP contribution in [0.25, 0.3) is 0 Å². The van der Waals surface area contributed by atoms with Gasteiger partial charge in [-0.25, -0.2) is 4.57 Å². The van der Waals surface area contributed by atoms with E-state index < -0.39 is 51.8 Å². The van der Waals surface area contributed by atoms with Gasteiger partial charge in [0.05, 0.1) is 19.8 Å². The van der Waals surface area contributed by atoms with Crippen LogP contribution in [0.15, 0.2) is 72.9 Å². The molecule has 0 bridgehead atoms. The van der Waals surface area contributed by atoms with E-state index in [1.54, 1.807) is 0 Å². The zero-order valence-electron chi connectivity index (χ0n) is 35.5. The summed E-state index contributed by atoms with van der Waals surface area (Å²) in [5, 5.41) is 18.3. The molecule has 10 nitrogen and oxygen atoms in total. The van der Waals surface area contributed by atoms with Gasteiger partial charge in [0.15, 0.2) is 6.10 Å². The maximum absolute atomic E-state index is 12.6. The van der Waals surface area contributed by atoms with E-state index in [-0.39, 0.29) is 19.4 Å². The van der Waals surface area contributed by atoms with Crippen molar-refractivity contribution in [1.29, 1.82) is 0 Å². The highest BCUT2D eigenvalue weighted by Gasteiger charge is 2.27. The standard InChI is InChI=1S/C46H79O10P/c1-3-5-7-9-11-13-15-17-19-20-21-22-24-26-28-30-32-34-36-38-46(50)56-44(42-55-57(51,52)54-40-43(48)39-47)41-53-45(49)37-35-33-31-29-27-25-23-18-16-14-12-10-8-6-4-2/h5,7,11,13-14,16-17,19,21-22,26,28,43-44,47-48H,3-4,6,8-10,12,15,18,20,23-25,27,29-42H2,1-2H3,(H,51,52). The summed E-state index contributed by atoms with van der Waals surface area (Å²) in [6.45, 7) is 2.20. The average Bonchev–Trinajstić information content (AvgIpc) is 3.20. The van der Waals surface area contributed by atoms with Crippen LogP contribution in [0.5, 0.6) is 0 Å². The summed E-state index contributed by atoms with van der Waals surface area (Å²) in [4.78, 5) is 35.0. The lowest BCUT2D eigenvalue weighted by atomic mass is 10.1. The highest BCUT2D eigenvalue weighted by Crippen LogP contribution is 2.43. The third-order valence-corrected chi connectivity index (χ3v) is 9.80. The summed E-state index contributed by atoms with van der Waals surface area (Å²) in [5.41, 5.74) is 0. The molecule has 3 atom stereocenters. The number of ether oxygens (including phenoxy) is 2. The number of rotatable bonds is 40. The van der Waals surface area contributed by atoms with Crippen LogP contribution in [-0.2, 0) is 32.7 Å². The molecule has 0 aliphatic heterocycles. The molecule has 3 unspecified atom stereocenters. The normalized spacial score (nSPS) is 14.5. The number of esters is 2. The van der Waals surface area contributed by atoms with Crippen molar-refractivity contribution in [3.05, 3.63) is 72.9 Å². The van der Waals surface area contributed by atoms with Gasteiger partial charge in [-0.2, -0.15) is 0 Å². The van der Waals surface area contributed by atoms with Crippen molar-refractivity contribution in [3.63, 3.8) is 0 Å². The van der Waals surface area contributed by atoms with Crippen LogP contribution in [0.4, 0.5) is 0 Å². The third-order valence-electron chi connectivity index (χ3n) is 8.84. The Morgan fingerprint density at radius 1 is 0.544 bits per heavy atom. The topological polar surface area (TPSA) is 149 Å². The van der Waals surface area contributed by atoms with Gasteiger partial charge in [0.2, 0.25) is 0 Å². The molecule has 0 saturated heterocycles. The van der Waals surface area contributed by atoms with Crippen LogP contribution in [0.1, 0.15) is 168 Å². The molecule has 0 rings (SSSR count). The van der Waals surface area contributed by atoms with Gasteiger partial charge < -0.3 is 24.6 Å². The maximum Gasteiger partial charge on any atom is 0.472 e. The number of aliphatic hydroxyl groups is 2. The monoisotopic (exact) mass is 823 g/mol. The number of hydrogen-bond acceptors (Lipinski definition) is 9. The van der Waals surface area contributed by atoms with Crippen LogP contribution in [0.2, 0.25) is 0 Å². The number of carbonyl (C=O) groups is 2. The van der Waals surface area contributed by atoms with Gasteiger partial charge in [0, 0.05) is 12.8 Å². The molecule has 0 aromatic carbocycles. The predicted octanol–water partition coefficient (Wildman–Crippen LogP) is 11.7. The molecule has 0 aromatic heterocycles. The van der Waals surface area contributed by atoms with Crippen LogP contribution in [0.3, 0.4) is 0 Å². The Kier molecular flexibility index (Phi) is 39.7. The number of phosphoric ester groups is 1. The van der Waals surface area contributed by atoms with E-state index in [0.717, 1.165) is 77.0 Å². The van der Waals surface area contributed by atoms with Crippen molar-refractivity contribution in [3.8, 4) is 0 Å². The van der Waals surface area contributed by atoms with E-state index >= 15 is 0 Å². The van der Waals surface area contributed by atoms with Crippen LogP contribution >= 0.6 is 7.82 Å². The molecule has 0 heterocycles. The van der Waals surface area contributed by atoms with Gasteiger partial charge in [-0.15, -0.1) is 0 Å². The molecule has 328 valence electrons. The van der Waals surface area contributed by atoms with Crippen molar-refractivity contribution in [2.24, 2.45) is 0 Å². The van der Waals surface area contributed by atoms with E-state index in [2.05, 4.69) is 91.3 Å². The number of carbonyl (C=O) groups excluding carboxylic acids is 2. The summed E-state index contributed by atoms with van der Waals surface area (Å²) in [6.07, 6.45) is 47.2. The molecule has 3 N–H and O–H groups in total. The minimum absolute atomic E-state index is 0.141. The van der Waals surface area contributed by atoms with Crippen molar-refractivity contribution < 1.29 is 47.8 Å². The predicted molar refractivity (Wildman–Crippen MR) is 233 cm³/mol. The molecule has 0 radical (unpaired) electrons. The molecule has 0 amide bonds. The van der Waals surface area contributed by atoms with E-state index in [1.807, 2.05) is 0 Å². The van der Waals surface area contributed by atoms with Gasteiger partial charge in [-0.1, -0.05) is 145 Å². The molecule has 0 aliphatic carbocycles. The number of aliphatic hydroxyl groups excluding tert-OH is 2. The molecule has 0 saturated carbocycles. The Labute approximate surface area is 346 Å². The van der Waals surface area contributed by atoms with Crippen molar-refractivity contribution in [1.82, 2.24) is 0 Å². The summed E-state index contributed by atoms with van der Waals surface area (Å²) >= 11 is 0. The SMILES string of the molecule is CCC=CCC=CCC=CCC=CCC=CCCCCCC(=O)OC(COC(=O)CCCCCCCCCC=CCCCCCC)COP(=O)(O)OCC(O)CO. The Hall–Kier alpha value is -2.59. The largest absolute Gasteiger partial charge is 0.472 e. The second-order valence-electron chi connectivity index (χ2n) is 14.3. The number of allylic oxidation sites excluding steroid dienone is 12. The summed E-state index contributed by atoms with van der Waals surface area (Å²) < 4.78 is 32.7. The highest BCUT2D eigenvalue weighted by atomic mass is 31.2. The summed E-state index contributed by atoms with van der Waals surface area (Å²) in [6, 6.07) is 0. The van der Waals surface area contributed by atoms with Crippen LogP contribution < -0.4 is 0 Å². The highest BCUT2D eigenvalue weighted by molar-refractivity contribution is 7.47. The Balaban J connectivity index is 4.38. The first-order valence-corrected chi connectivity index (χ1v) is 23.4. The average molecular weight is 823 g/mol. The first kappa shape index (κ1) is 54.4. The van der Waals surface area contributed by atoms with Gasteiger partial charge >= 0.3 is 19.8 Å². The van der Waals surface area contributed by atoms with Crippen LogP contribution in [-0.4, -0.2) is 65.7 Å². The minimum atomic E-state index is -4.63. The van der Waals surface area contributed by atoms with Crippen molar-refractivity contribution in [2.45, 2.75) is 180 Å². The fourth-order valence-corrected chi connectivity index (χ4v) is 6.27. The Bertz CT molecular complexity index is 1180. The molecule has 0 aromatic rings. The lowest BCUT2D eigenvalue weighted by molar-refractivity contribution is -0.161. The van der Waals surface area contributed by atoms with E-state index in [9.17, 15) is 24.2 Å². The van der Waals surface area contributed by atoms with E-state index in [1.165, 1.54) is 51.4 Å². The second-order valence-corrected chi connectivity index (χ2v) is 15.8. The minimum Gasteiger partial charge on any atom is -0.462 e.